The monoisotopic (exact) mass is 367 g/mol. The zero-order chi connectivity index (χ0) is 19.2. The molecule has 0 bridgehead atoms. The summed E-state index contributed by atoms with van der Waals surface area (Å²) in [7, 11) is 0. The summed E-state index contributed by atoms with van der Waals surface area (Å²) in [6, 6.07) is 23.5. The Morgan fingerprint density at radius 2 is 1.57 bits per heavy atom. The van der Waals surface area contributed by atoms with E-state index in [4.69, 9.17) is 0 Å². The second-order valence-electron chi connectivity index (χ2n) is 6.09. The van der Waals surface area contributed by atoms with Gasteiger partial charge < -0.3 is 0 Å². The molecule has 0 unspecified atom stereocenters. The number of nitrogens with zero attached hydrogens (tertiary/aromatic N) is 3. The van der Waals surface area contributed by atoms with Gasteiger partial charge in [-0.3, -0.25) is 14.9 Å². The summed E-state index contributed by atoms with van der Waals surface area (Å²) in [5.41, 5.74) is 7.58. The van der Waals surface area contributed by atoms with E-state index in [1.54, 1.807) is 36.8 Å². The van der Waals surface area contributed by atoms with E-state index in [1.165, 1.54) is 0 Å². The highest BCUT2D eigenvalue weighted by atomic mass is 16.2. The summed E-state index contributed by atoms with van der Waals surface area (Å²) in [6.07, 6.45) is 4.87. The molecule has 2 heterocycles. The first-order valence-corrected chi connectivity index (χ1v) is 8.74. The number of aromatic nitrogens is 3. The highest BCUT2D eigenvalue weighted by Crippen LogP contribution is 2.24. The second-order valence-corrected chi connectivity index (χ2v) is 6.09. The number of H-pyrrole nitrogens is 1. The van der Waals surface area contributed by atoms with Crippen molar-refractivity contribution in [1.29, 1.82) is 0 Å². The summed E-state index contributed by atoms with van der Waals surface area (Å²) in [4.78, 5) is 16.1. The molecule has 1 amide bonds. The Bertz CT molecular complexity index is 1090. The molecule has 0 aliphatic heterocycles. The molecule has 2 aromatic carbocycles. The molecule has 2 N–H and O–H groups in total. The first-order valence-electron chi connectivity index (χ1n) is 8.74. The molecule has 0 radical (unpaired) electrons. The number of benzene rings is 2. The third kappa shape index (κ3) is 4.02. The quantitative estimate of drug-likeness (QED) is 0.414. The van der Waals surface area contributed by atoms with Crippen molar-refractivity contribution in [2.24, 2.45) is 5.10 Å². The lowest BCUT2D eigenvalue weighted by molar-refractivity contribution is 0.0950. The van der Waals surface area contributed by atoms with Crippen LogP contribution in [0.15, 0.2) is 90.3 Å². The highest BCUT2D eigenvalue weighted by molar-refractivity contribution is 5.94. The smallest absolute Gasteiger partial charge is 0.272 e. The molecule has 0 aliphatic carbocycles. The van der Waals surface area contributed by atoms with Gasteiger partial charge in [-0.1, -0.05) is 54.6 Å². The number of hydrogen-bond acceptors (Lipinski definition) is 4. The summed E-state index contributed by atoms with van der Waals surface area (Å²) in [5, 5.41) is 10.9. The van der Waals surface area contributed by atoms with Crippen LogP contribution in [0.2, 0.25) is 0 Å². The summed E-state index contributed by atoms with van der Waals surface area (Å²) in [5.74, 6) is -0.357. The van der Waals surface area contributed by atoms with Crippen molar-refractivity contribution < 1.29 is 4.79 Å². The van der Waals surface area contributed by atoms with E-state index in [2.05, 4.69) is 37.8 Å². The van der Waals surface area contributed by atoms with Crippen molar-refractivity contribution in [3.8, 4) is 22.4 Å². The zero-order valence-electron chi connectivity index (χ0n) is 14.9. The molecule has 0 fully saturated rings. The van der Waals surface area contributed by atoms with E-state index in [0.29, 0.717) is 11.4 Å². The molecule has 28 heavy (non-hydrogen) atoms. The molecule has 0 saturated carbocycles. The van der Waals surface area contributed by atoms with Gasteiger partial charge >= 0.3 is 0 Å². The zero-order valence-corrected chi connectivity index (χ0v) is 14.9. The van der Waals surface area contributed by atoms with Crippen LogP contribution < -0.4 is 5.43 Å². The number of aromatic amines is 1. The number of pyridine rings is 1. The van der Waals surface area contributed by atoms with Gasteiger partial charge in [0.2, 0.25) is 0 Å². The van der Waals surface area contributed by atoms with Gasteiger partial charge in [0.05, 0.1) is 11.9 Å². The maximum Gasteiger partial charge on any atom is 0.289 e. The van der Waals surface area contributed by atoms with Gasteiger partial charge in [0.15, 0.2) is 0 Å². The van der Waals surface area contributed by atoms with E-state index in [1.807, 2.05) is 42.5 Å². The average Bonchev–Trinajstić information content (AvgIpc) is 3.26. The van der Waals surface area contributed by atoms with Crippen molar-refractivity contribution in [2.45, 2.75) is 0 Å². The lowest BCUT2D eigenvalue weighted by atomic mass is 10.0. The topological polar surface area (TPSA) is 83.0 Å². The predicted molar refractivity (Wildman–Crippen MR) is 109 cm³/mol. The molecular weight excluding hydrogens is 350 g/mol. The lowest BCUT2D eigenvalue weighted by Gasteiger charge is -2.02. The van der Waals surface area contributed by atoms with Crippen LogP contribution in [0.3, 0.4) is 0 Å². The molecule has 6 nitrogen and oxygen atoms in total. The molecule has 4 rings (SSSR count). The molecule has 0 atom stereocenters. The molecular formula is C22H17N5O. The third-order valence-electron chi connectivity index (χ3n) is 4.20. The van der Waals surface area contributed by atoms with Gasteiger partial charge in [-0.15, -0.1) is 0 Å². The number of hydrogen-bond donors (Lipinski definition) is 2. The Morgan fingerprint density at radius 3 is 2.32 bits per heavy atom. The Kier molecular flexibility index (Phi) is 5.02. The maximum atomic E-state index is 12.2. The fraction of sp³-hybridized carbons (Fsp3) is 0. The maximum absolute atomic E-state index is 12.2. The van der Waals surface area contributed by atoms with Crippen molar-refractivity contribution in [3.63, 3.8) is 0 Å². The van der Waals surface area contributed by atoms with Crippen LogP contribution in [-0.2, 0) is 0 Å². The number of nitrogens with one attached hydrogen (secondary N) is 2. The van der Waals surface area contributed by atoms with Crippen LogP contribution in [0.5, 0.6) is 0 Å². The van der Waals surface area contributed by atoms with Gasteiger partial charge in [-0.05, 0) is 34.9 Å². The van der Waals surface area contributed by atoms with Gasteiger partial charge in [-0.25, -0.2) is 5.43 Å². The Hall–Kier alpha value is -4.06. The fourth-order valence-electron chi connectivity index (χ4n) is 2.73. The first kappa shape index (κ1) is 17.4. The van der Waals surface area contributed by atoms with Gasteiger partial charge in [0.1, 0.15) is 5.69 Å². The SMILES string of the molecule is O=C(NN=Cc1ccncc1)c1cc(-c2ccc(-c3ccccc3)cc2)n[nH]1. The summed E-state index contributed by atoms with van der Waals surface area (Å²) in [6.45, 7) is 0. The minimum atomic E-state index is -0.357. The van der Waals surface area contributed by atoms with E-state index >= 15 is 0 Å². The van der Waals surface area contributed by atoms with E-state index in [-0.39, 0.29) is 5.91 Å². The first-order chi connectivity index (χ1) is 13.8. The fourth-order valence-corrected chi connectivity index (χ4v) is 2.73. The summed E-state index contributed by atoms with van der Waals surface area (Å²) < 4.78 is 0. The molecule has 0 aliphatic rings. The van der Waals surface area contributed by atoms with Crippen molar-refractivity contribution >= 4 is 12.1 Å². The third-order valence-corrected chi connectivity index (χ3v) is 4.20. The van der Waals surface area contributed by atoms with E-state index < -0.39 is 0 Å². The van der Waals surface area contributed by atoms with Crippen molar-refractivity contribution in [3.05, 3.63) is 96.4 Å². The predicted octanol–water partition coefficient (Wildman–Crippen LogP) is 3.90. The minimum Gasteiger partial charge on any atom is -0.272 e. The Balaban J connectivity index is 1.44. The number of rotatable bonds is 5. The van der Waals surface area contributed by atoms with Gasteiger partial charge in [0.25, 0.3) is 5.91 Å². The number of carbonyl (C=O) groups excluding carboxylic acids is 1. The van der Waals surface area contributed by atoms with Crippen LogP contribution in [-0.4, -0.2) is 27.3 Å². The van der Waals surface area contributed by atoms with Crippen LogP contribution in [0.25, 0.3) is 22.4 Å². The largest absolute Gasteiger partial charge is 0.289 e. The Labute approximate surface area is 162 Å². The van der Waals surface area contributed by atoms with Crippen LogP contribution in [0, 0.1) is 0 Å². The highest BCUT2D eigenvalue weighted by Gasteiger charge is 2.10. The van der Waals surface area contributed by atoms with Gasteiger partial charge in [0, 0.05) is 18.0 Å². The summed E-state index contributed by atoms with van der Waals surface area (Å²) >= 11 is 0. The number of hydrazone groups is 1. The molecule has 6 heteroatoms. The van der Waals surface area contributed by atoms with E-state index in [0.717, 1.165) is 22.3 Å². The normalized spacial score (nSPS) is 10.9. The van der Waals surface area contributed by atoms with Crippen LogP contribution in [0.1, 0.15) is 16.1 Å². The standard InChI is InChI=1S/C22H17N5O/c28-22(27-24-15-16-10-12-23-13-11-16)21-14-20(25-26-21)19-8-6-18(7-9-19)17-4-2-1-3-5-17/h1-15H,(H,25,26)(H,27,28). The van der Waals surface area contributed by atoms with Gasteiger partial charge in [-0.2, -0.15) is 10.2 Å². The minimum absolute atomic E-state index is 0.342. The van der Waals surface area contributed by atoms with Crippen LogP contribution >= 0.6 is 0 Å². The van der Waals surface area contributed by atoms with Crippen LogP contribution in [0.4, 0.5) is 0 Å². The average molecular weight is 367 g/mol. The molecule has 136 valence electrons. The molecule has 4 aromatic rings. The molecule has 0 saturated heterocycles. The lowest BCUT2D eigenvalue weighted by Crippen LogP contribution is -2.17. The number of amides is 1. The Morgan fingerprint density at radius 1 is 0.893 bits per heavy atom. The van der Waals surface area contributed by atoms with Crippen molar-refractivity contribution in [1.82, 2.24) is 20.6 Å². The molecule has 2 aromatic heterocycles. The van der Waals surface area contributed by atoms with E-state index in [9.17, 15) is 4.79 Å². The molecule has 0 spiro atoms. The van der Waals surface area contributed by atoms with Crippen molar-refractivity contribution in [2.75, 3.05) is 0 Å². The number of carbonyl (C=O) groups is 1. The second kappa shape index (κ2) is 8.09.